The van der Waals surface area contributed by atoms with Crippen molar-refractivity contribution in [1.29, 1.82) is 0 Å². The number of hydrogen-bond donors (Lipinski definition) is 0. The first-order chi connectivity index (χ1) is 8.27. The van der Waals surface area contributed by atoms with Crippen molar-refractivity contribution >= 4 is 0 Å². The van der Waals surface area contributed by atoms with E-state index in [0.717, 1.165) is 22.6 Å². The third-order valence-corrected chi connectivity index (χ3v) is 3.13. The molecular weight excluding hydrogens is 212 g/mol. The molecule has 0 bridgehead atoms. The molecule has 0 N–H and O–H groups in total. The average Bonchev–Trinajstić information content (AvgIpc) is 2.81. The fourth-order valence-electron chi connectivity index (χ4n) is 2.02. The van der Waals surface area contributed by atoms with Gasteiger partial charge in [-0.25, -0.2) is 0 Å². The summed E-state index contributed by atoms with van der Waals surface area (Å²) in [6.07, 6.45) is 0. The van der Waals surface area contributed by atoms with Crippen LogP contribution in [0.3, 0.4) is 0 Å². The Hall–Kier alpha value is -1.96. The maximum Gasteiger partial charge on any atom is 0.316 e. The van der Waals surface area contributed by atoms with Crippen LogP contribution in [0.4, 0.5) is 0 Å². The zero-order valence-corrected chi connectivity index (χ0v) is 9.78. The van der Waals surface area contributed by atoms with Crippen molar-refractivity contribution in [3.8, 4) is 22.6 Å². The normalized spacial score (nSPS) is 12.8. The molecule has 0 aromatic heterocycles. The minimum absolute atomic E-state index is 0.750. The smallest absolute Gasteiger partial charge is 0.316 e. The van der Waals surface area contributed by atoms with Gasteiger partial charge in [0, 0.05) is 5.56 Å². The molecule has 1 aliphatic heterocycles. The van der Waals surface area contributed by atoms with Crippen LogP contribution in [-0.4, -0.2) is 0 Å². The van der Waals surface area contributed by atoms with Gasteiger partial charge in [0.1, 0.15) is 0 Å². The number of hydrogen-bond acceptors (Lipinski definition) is 2. The number of ether oxygens (including phenoxy) is 2. The van der Waals surface area contributed by atoms with Crippen LogP contribution in [-0.2, 0) is 0 Å². The molecule has 3 rings (SSSR count). The molecule has 0 aliphatic carbocycles. The van der Waals surface area contributed by atoms with Crippen LogP contribution in [0.1, 0.15) is 11.1 Å². The van der Waals surface area contributed by atoms with Crippen molar-refractivity contribution in [3.63, 3.8) is 0 Å². The van der Waals surface area contributed by atoms with Crippen LogP contribution in [0.5, 0.6) is 11.5 Å². The van der Waals surface area contributed by atoms with Crippen LogP contribution in [0.25, 0.3) is 11.1 Å². The van der Waals surface area contributed by atoms with E-state index in [-0.39, 0.29) is 0 Å². The molecule has 0 atom stereocenters. The van der Waals surface area contributed by atoms with Gasteiger partial charge in [0.25, 0.3) is 0 Å². The number of rotatable bonds is 1. The summed E-state index contributed by atoms with van der Waals surface area (Å²) in [6, 6.07) is 13.2. The lowest BCUT2D eigenvalue weighted by Gasteiger charge is -2.10. The predicted molar refractivity (Wildman–Crippen MR) is 65.7 cm³/mol. The summed E-state index contributed by atoms with van der Waals surface area (Å²) in [5.41, 5.74) is 4.60. The fraction of sp³-hybridized carbons (Fsp3) is 0.133. The van der Waals surface area contributed by atoms with Crippen molar-refractivity contribution in [2.75, 3.05) is 0 Å². The van der Waals surface area contributed by atoms with Crippen molar-refractivity contribution in [2.24, 2.45) is 0 Å². The highest BCUT2D eigenvalue weighted by Gasteiger charge is 2.20. The van der Waals surface area contributed by atoms with E-state index in [2.05, 4.69) is 32.0 Å². The van der Waals surface area contributed by atoms with E-state index in [9.17, 15) is 0 Å². The quantitative estimate of drug-likeness (QED) is 0.736. The Balaban J connectivity index is 2.23. The fourth-order valence-corrected chi connectivity index (χ4v) is 2.02. The molecule has 0 amide bonds. The largest absolute Gasteiger partial charge is 0.444 e. The summed E-state index contributed by atoms with van der Waals surface area (Å²) < 4.78 is 10.7. The van der Waals surface area contributed by atoms with Crippen molar-refractivity contribution in [3.05, 3.63) is 54.3 Å². The van der Waals surface area contributed by atoms with Gasteiger partial charge in [-0.2, -0.15) is 0 Å². The summed E-state index contributed by atoms with van der Waals surface area (Å²) in [5, 5.41) is 0. The number of aryl methyl sites for hydroxylation is 1. The van der Waals surface area contributed by atoms with Gasteiger partial charge in [-0.15, -0.1) is 0 Å². The Labute approximate surface area is 101 Å². The van der Waals surface area contributed by atoms with Gasteiger partial charge in [-0.3, -0.25) is 0 Å². The molecule has 0 unspecified atom stereocenters. The second-order valence-corrected chi connectivity index (χ2v) is 4.13. The standard InChI is InChI=1S/C15H12O2/c1-10-5-3-6-12(11(10)2)13-7-4-8-14-15(13)17-9-16-14/h3-6,8-9H,1-2H3. The highest BCUT2D eigenvalue weighted by molar-refractivity contribution is 5.76. The molecule has 0 fully saturated rings. The summed E-state index contributed by atoms with van der Waals surface area (Å²) in [5.74, 6) is 1.50. The molecular formula is C15H12O2. The monoisotopic (exact) mass is 224 g/mol. The van der Waals surface area contributed by atoms with Gasteiger partial charge in [0.15, 0.2) is 11.5 Å². The molecule has 2 aromatic carbocycles. The number of fused-ring (bicyclic) bond motifs is 1. The van der Waals surface area contributed by atoms with Crippen molar-refractivity contribution in [1.82, 2.24) is 0 Å². The van der Waals surface area contributed by atoms with E-state index >= 15 is 0 Å². The van der Waals surface area contributed by atoms with Crippen LogP contribution in [0, 0.1) is 26.7 Å². The minimum atomic E-state index is 0.750. The van der Waals surface area contributed by atoms with Crippen LogP contribution < -0.4 is 9.47 Å². The third kappa shape index (κ3) is 1.57. The van der Waals surface area contributed by atoms with Gasteiger partial charge in [-0.05, 0) is 48.7 Å². The first-order valence-electron chi connectivity index (χ1n) is 5.53. The Morgan fingerprint density at radius 3 is 2.82 bits per heavy atom. The maximum absolute atomic E-state index is 5.40. The SMILES string of the molecule is Cc1cccc(-c2[c]ccc3c2O[CH]O3)c1C. The summed E-state index contributed by atoms with van der Waals surface area (Å²) in [6.45, 7) is 5.57. The molecule has 1 heterocycles. The molecule has 1 aliphatic rings. The van der Waals surface area contributed by atoms with E-state index in [1.165, 1.54) is 17.9 Å². The van der Waals surface area contributed by atoms with Gasteiger partial charge in [0.05, 0.1) is 0 Å². The van der Waals surface area contributed by atoms with Gasteiger partial charge >= 0.3 is 6.79 Å². The Morgan fingerprint density at radius 2 is 1.94 bits per heavy atom. The topological polar surface area (TPSA) is 18.5 Å². The second-order valence-electron chi connectivity index (χ2n) is 4.13. The molecule has 0 spiro atoms. The maximum atomic E-state index is 5.40. The van der Waals surface area contributed by atoms with E-state index < -0.39 is 0 Å². The van der Waals surface area contributed by atoms with E-state index in [1.807, 2.05) is 18.2 Å². The Kier molecular flexibility index (Phi) is 2.29. The van der Waals surface area contributed by atoms with Crippen LogP contribution in [0.2, 0.25) is 0 Å². The minimum Gasteiger partial charge on any atom is -0.444 e. The molecule has 2 heteroatoms. The first kappa shape index (κ1) is 10.2. The third-order valence-electron chi connectivity index (χ3n) is 3.13. The van der Waals surface area contributed by atoms with Gasteiger partial charge in [0.2, 0.25) is 0 Å². The molecule has 17 heavy (non-hydrogen) atoms. The Morgan fingerprint density at radius 1 is 1.06 bits per heavy atom. The number of benzene rings is 2. The van der Waals surface area contributed by atoms with E-state index in [4.69, 9.17) is 9.47 Å². The lowest BCUT2D eigenvalue weighted by Crippen LogP contribution is -1.89. The highest BCUT2D eigenvalue weighted by atomic mass is 16.7. The summed E-state index contributed by atoms with van der Waals surface area (Å²) in [7, 11) is 0. The van der Waals surface area contributed by atoms with Gasteiger partial charge in [-0.1, -0.05) is 18.2 Å². The summed E-state index contributed by atoms with van der Waals surface area (Å²) >= 11 is 0. The average molecular weight is 224 g/mol. The molecule has 2 radical (unpaired) electrons. The molecule has 2 nitrogen and oxygen atoms in total. The van der Waals surface area contributed by atoms with Crippen molar-refractivity contribution < 1.29 is 9.47 Å². The highest BCUT2D eigenvalue weighted by Crippen LogP contribution is 2.42. The lowest BCUT2D eigenvalue weighted by molar-refractivity contribution is 0.271. The zero-order chi connectivity index (χ0) is 11.8. The first-order valence-corrected chi connectivity index (χ1v) is 5.53. The second kappa shape index (κ2) is 3.81. The molecule has 2 aromatic rings. The molecule has 0 saturated heterocycles. The van der Waals surface area contributed by atoms with Crippen molar-refractivity contribution in [2.45, 2.75) is 13.8 Å². The van der Waals surface area contributed by atoms with Crippen LogP contribution in [0.15, 0.2) is 30.3 Å². The van der Waals surface area contributed by atoms with E-state index in [0.29, 0.717) is 0 Å². The predicted octanol–water partition coefficient (Wildman–Crippen LogP) is 3.66. The molecule has 0 saturated carbocycles. The van der Waals surface area contributed by atoms with Gasteiger partial charge < -0.3 is 9.47 Å². The zero-order valence-electron chi connectivity index (χ0n) is 9.78. The summed E-state index contributed by atoms with van der Waals surface area (Å²) in [4.78, 5) is 0. The molecule has 84 valence electrons. The van der Waals surface area contributed by atoms with E-state index in [1.54, 1.807) is 0 Å². The lowest BCUT2D eigenvalue weighted by atomic mass is 9.96. The van der Waals surface area contributed by atoms with Crippen LogP contribution >= 0.6 is 0 Å². The Bertz CT molecular complexity index is 573.